The van der Waals surface area contributed by atoms with Crippen molar-refractivity contribution in [3.63, 3.8) is 0 Å². The molecule has 2 N–H and O–H groups in total. The molecule has 0 saturated carbocycles. The molecule has 32 heavy (non-hydrogen) atoms. The third-order valence-electron chi connectivity index (χ3n) is 4.76. The first-order valence-corrected chi connectivity index (χ1v) is 10.2. The molecule has 2 aromatic heterocycles. The molecule has 2 aromatic carbocycles. The predicted molar refractivity (Wildman–Crippen MR) is 123 cm³/mol. The molecule has 0 aliphatic rings. The minimum absolute atomic E-state index is 0.00235. The van der Waals surface area contributed by atoms with Crippen LogP contribution in [0.25, 0.3) is 22.3 Å². The van der Waals surface area contributed by atoms with E-state index < -0.39 is 12.0 Å². The second kappa shape index (κ2) is 9.44. The van der Waals surface area contributed by atoms with E-state index in [2.05, 4.69) is 20.3 Å². The number of rotatable bonds is 7. The SMILES string of the molecule is CN(C)C(O)COc1ccc2nc(-c3cccnc3)nc(Nc3ccc(F)c(Cl)c3)c2c1. The molecule has 0 fully saturated rings. The van der Waals surface area contributed by atoms with E-state index in [1.165, 1.54) is 12.1 Å². The lowest BCUT2D eigenvalue weighted by molar-refractivity contribution is 0.00191. The molecule has 2 heterocycles. The molecule has 0 saturated heterocycles. The lowest BCUT2D eigenvalue weighted by Crippen LogP contribution is -2.33. The van der Waals surface area contributed by atoms with Gasteiger partial charge in [-0.05, 0) is 62.6 Å². The van der Waals surface area contributed by atoms with Crippen LogP contribution in [0.4, 0.5) is 15.9 Å². The Morgan fingerprint density at radius 1 is 1.16 bits per heavy atom. The summed E-state index contributed by atoms with van der Waals surface area (Å²) >= 11 is 5.94. The van der Waals surface area contributed by atoms with Crippen molar-refractivity contribution in [2.45, 2.75) is 6.23 Å². The van der Waals surface area contributed by atoms with Crippen LogP contribution in [-0.2, 0) is 0 Å². The molecule has 4 aromatic rings. The van der Waals surface area contributed by atoms with Gasteiger partial charge in [-0.25, -0.2) is 14.4 Å². The Morgan fingerprint density at radius 3 is 2.72 bits per heavy atom. The van der Waals surface area contributed by atoms with Crippen molar-refractivity contribution < 1.29 is 14.2 Å². The molecule has 0 amide bonds. The fraction of sp³-hybridized carbons (Fsp3) is 0.174. The minimum Gasteiger partial charge on any atom is -0.489 e. The second-order valence-corrected chi connectivity index (χ2v) is 7.73. The third-order valence-corrected chi connectivity index (χ3v) is 5.05. The summed E-state index contributed by atoms with van der Waals surface area (Å²) in [6.07, 6.45) is 2.62. The van der Waals surface area contributed by atoms with Crippen LogP contribution in [0.3, 0.4) is 0 Å². The van der Waals surface area contributed by atoms with E-state index in [4.69, 9.17) is 16.3 Å². The third kappa shape index (κ3) is 4.94. The zero-order chi connectivity index (χ0) is 22.7. The monoisotopic (exact) mass is 453 g/mol. The molecule has 0 radical (unpaired) electrons. The quantitative estimate of drug-likeness (QED) is 0.399. The number of aromatic nitrogens is 3. The fourth-order valence-corrected chi connectivity index (χ4v) is 3.13. The van der Waals surface area contributed by atoms with E-state index in [1.807, 2.05) is 18.2 Å². The summed E-state index contributed by atoms with van der Waals surface area (Å²) < 4.78 is 19.3. The highest BCUT2D eigenvalue weighted by Gasteiger charge is 2.13. The number of ether oxygens (including phenoxy) is 1. The number of fused-ring (bicyclic) bond motifs is 1. The first-order chi connectivity index (χ1) is 15.4. The topological polar surface area (TPSA) is 83.4 Å². The summed E-state index contributed by atoms with van der Waals surface area (Å²) in [4.78, 5) is 15.1. The predicted octanol–water partition coefficient (Wildman–Crippen LogP) is 4.49. The number of aliphatic hydroxyl groups is 1. The van der Waals surface area contributed by atoms with Crippen LogP contribution in [0.15, 0.2) is 60.9 Å². The number of halogens is 2. The number of pyridine rings is 1. The number of hydrogen-bond donors (Lipinski definition) is 2. The number of aliphatic hydroxyl groups excluding tert-OH is 1. The number of hydrogen-bond acceptors (Lipinski definition) is 7. The number of benzene rings is 2. The Balaban J connectivity index is 1.76. The largest absolute Gasteiger partial charge is 0.489 e. The van der Waals surface area contributed by atoms with Crippen LogP contribution in [0.5, 0.6) is 5.75 Å². The van der Waals surface area contributed by atoms with Crippen LogP contribution in [0.2, 0.25) is 5.02 Å². The second-order valence-electron chi connectivity index (χ2n) is 7.33. The van der Waals surface area contributed by atoms with Gasteiger partial charge in [0.05, 0.1) is 10.5 Å². The molecule has 1 unspecified atom stereocenters. The van der Waals surface area contributed by atoms with Crippen molar-refractivity contribution in [2.24, 2.45) is 0 Å². The molecule has 7 nitrogen and oxygen atoms in total. The van der Waals surface area contributed by atoms with Crippen LogP contribution >= 0.6 is 11.6 Å². The highest BCUT2D eigenvalue weighted by molar-refractivity contribution is 6.31. The zero-order valence-electron chi connectivity index (χ0n) is 17.5. The van der Waals surface area contributed by atoms with Gasteiger partial charge < -0.3 is 15.2 Å². The van der Waals surface area contributed by atoms with Crippen molar-refractivity contribution in [1.29, 1.82) is 0 Å². The molecule has 0 spiro atoms. The van der Waals surface area contributed by atoms with E-state index in [0.29, 0.717) is 34.0 Å². The van der Waals surface area contributed by atoms with Gasteiger partial charge >= 0.3 is 0 Å². The maximum Gasteiger partial charge on any atom is 0.163 e. The Bertz CT molecular complexity index is 1240. The summed E-state index contributed by atoms with van der Waals surface area (Å²) in [6, 6.07) is 13.4. The van der Waals surface area contributed by atoms with Crippen molar-refractivity contribution in [3.05, 3.63) is 71.8 Å². The molecule has 0 bridgehead atoms. The highest BCUT2D eigenvalue weighted by atomic mass is 35.5. The van der Waals surface area contributed by atoms with Gasteiger partial charge in [0.25, 0.3) is 0 Å². The van der Waals surface area contributed by atoms with E-state index in [9.17, 15) is 9.50 Å². The summed E-state index contributed by atoms with van der Waals surface area (Å²) in [5, 5.41) is 13.9. The molecule has 4 rings (SSSR count). The molecule has 1 atom stereocenters. The van der Waals surface area contributed by atoms with Crippen LogP contribution in [0, 0.1) is 5.82 Å². The number of nitrogens with zero attached hydrogens (tertiary/aromatic N) is 4. The van der Waals surface area contributed by atoms with Crippen molar-refractivity contribution in [3.8, 4) is 17.1 Å². The molecular weight excluding hydrogens is 433 g/mol. The maximum atomic E-state index is 13.6. The Morgan fingerprint density at radius 2 is 2.00 bits per heavy atom. The summed E-state index contributed by atoms with van der Waals surface area (Å²) in [6.45, 7) is 0.101. The van der Waals surface area contributed by atoms with E-state index in [0.717, 1.165) is 5.56 Å². The molecule has 9 heteroatoms. The standard InChI is InChI=1S/C23H21ClFN5O2/c1-30(2)21(31)13-32-16-6-8-20-17(11-16)23(27-15-5-7-19(25)18(24)10-15)29-22(28-20)14-4-3-9-26-12-14/h3-12,21,31H,13H2,1-2H3,(H,27,28,29). The van der Waals surface area contributed by atoms with Gasteiger partial charge in [-0.15, -0.1) is 0 Å². The number of nitrogens with one attached hydrogen (secondary N) is 1. The van der Waals surface area contributed by atoms with Crippen molar-refractivity contribution in [1.82, 2.24) is 19.9 Å². The molecular formula is C23H21ClFN5O2. The average Bonchev–Trinajstić information content (AvgIpc) is 2.80. The lowest BCUT2D eigenvalue weighted by atomic mass is 10.2. The first kappa shape index (κ1) is 21.9. The Labute approximate surface area is 189 Å². The normalized spacial score (nSPS) is 12.2. The summed E-state index contributed by atoms with van der Waals surface area (Å²) in [5.41, 5.74) is 2.00. The number of likely N-dealkylation sites (N-methyl/N-ethyl adjacent to an activating group) is 1. The molecule has 164 valence electrons. The fourth-order valence-electron chi connectivity index (χ4n) is 2.95. The molecule has 0 aliphatic heterocycles. The summed E-state index contributed by atoms with van der Waals surface area (Å²) in [5.74, 6) is 1.03. The Kier molecular flexibility index (Phi) is 6.45. The van der Waals surface area contributed by atoms with Crippen LogP contribution in [-0.4, -0.2) is 51.9 Å². The van der Waals surface area contributed by atoms with Crippen LogP contribution in [0.1, 0.15) is 0 Å². The van der Waals surface area contributed by atoms with Gasteiger partial charge in [0.2, 0.25) is 0 Å². The van der Waals surface area contributed by atoms with Gasteiger partial charge in [-0.2, -0.15) is 0 Å². The number of anilines is 2. The van der Waals surface area contributed by atoms with E-state index >= 15 is 0 Å². The highest BCUT2D eigenvalue weighted by Crippen LogP contribution is 2.31. The van der Waals surface area contributed by atoms with E-state index in [-0.39, 0.29) is 11.6 Å². The van der Waals surface area contributed by atoms with Gasteiger partial charge in [0.1, 0.15) is 30.2 Å². The zero-order valence-corrected chi connectivity index (χ0v) is 18.2. The minimum atomic E-state index is -0.742. The van der Waals surface area contributed by atoms with Crippen molar-refractivity contribution >= 4 is 34.0 Å². The van der Waals surface area contributed by atoms with Crippen LogP contribution < -0.4 is 10.1 Å². The van der Waals surface area contributed by atoms with Gasteiger partial charge in [-0.3, -0.25) is 9.88 Å². The lowest BCUT2D eigenvalue weighted by Gasteiger charge is -2.19. The Hall–Kier alpha value is -3.33. The van der Waals surface area contributed by atoms with Gasteiger partial charge in [0, 0.05) is 29.0 Å². The maximum absolute atomic E-state index is 13.6. The average molecular weight is 454 g/mol. The van der Waals surface area contributed by atoms with Gasteiger partial charge in [0.15, 0.2) is 5.82 Å². The van der Waals surface area contributed by atoms with Crippen molar-refractivity contribution in [2.75, 3.05) is 26.0 Å². The van der Waals surface area contributed by atoms with E-state index in [1.54, 1.807) is 49.6 Å². The molecule has 0 aliphatic carbocycles. The summed E-state index contributed by atoms with van der Waals surface area (Å²) in [7, 11) is 3.52. The smallest absolute Gasteiger partial charge is 0.163 e. The first-order valence-electron chi connectivity index (χ1n) is 9.82. The van der Waals surface area contributed by atoms with Gasteiger partial charge in [-0.1, -0.05) is 11.6 Å².